The van der Waals surface area contributed by atoms with Gasteiger partial charge in [0.2, 0.25) is 0 Å². The van der Waals surface area contributed by atoms with Gasteiger partial charge in [-0.1, -0.05) is 19.1 Å². The Kier molecular flexibility index (Phi) is 5.26. The minimum atomic E-state index is 0.338. The molecule has 1 saturated carbocycles. The Bertz CT molecular complexity index is 729. The lowest BCUT2D eigenvalue weighted by atomic mass is 10.0. The van der Waals surface area contributed by atoms with Crippen molar-refractivity contribution in [1.29, 1.82) is 0 Å². The fourth-order valence-corrected chi connectivity index (χ4v) is 4.73. The standard InChI is InChI=1S/C23H29NO3/c1-16(17-3-5-20(25)6-4-17)13-24-14-18-11-23(12-19(18)15-24)27-22-9-7-21(26-2)8-10-22/h3-10,16,18-19,23,25H,11-15H2,1-2H3/t16?,18-,19?,23?/m1/s1. The van der Waals surface area contributed by atoms with Crippen LogP contribution >= 0.6 is 0 Å². The first-order valence-electron chi connectivity index (χ1n) is 9.92. The van der Waals surface area contributed by atoms with Gasteiger partial charge in [0.1, 0.15) is 17.2 Å². The maximum absolute atomic E-state index is 9.46. The third-order valence-corrected chi connectivity index (χ3v) is 6.14. The van der Waals surface area contributed by atoms with Crippen LogP contribution in [0.25, 0.3) is 0 Å². The molecule has 1 aliphatic heterocycles. The topological polar surface area (TPSA) is 41.9 Å². The van der Waals surface area contributed by atoms with Crippen molar-refractivity contribution in [2.24, 2.45) is 11.8 Å². The van der Waals surface area contributed by atoms with Crippen molar-refractivity contribution in [2.75, 3.05) is 26.7 Å². The first-order chi connectivity index (χ1) is 13.1. The number of benzene rings is 2. The Morgan fingerprint density at radius 3 is 2.15 bits per heavy atom. The lowest BCUT2D eigenvalue weighted by molar-refractivity contribution is 0.184. The van der Waals surface area contributed by atoms with Gasteiger partial charge in [0.05, 0.1) is 13.2 Å². The molecule has 1 heterocycles. The number of ether oxygens (including phenoxy) is 2. The number of rotatable bonds is 6. The number of nitrogens with zero attached hydrogens (tertiary/aromatic N) is 1. The maximum Gasteiger partial charge on any atom is 0.119 e. The number of phenolic OH excluding ortho intramolecular Hbond substituents is 1. The monoisotopic (exact) mass is 367 g/mol. The second-order valence-corrected chi connectivity index (χ2v) is 8.12. The molecule has 0 radical (unpaired) electrons. The Balaban J connectivity index is 1.27. The summed E-state index contributed by atoms with van der Waals surface area (Å²) in [5.74, 6) is 4.13. The molecule has 2 aromatic rings. The number of likely N-dealkylation sites (tertiary alicyclic amines) is 1. The summed E-state index contributed by atoms with van der Waals surface area (Å²) in [6, 6.07) is 15.6. The number of methoxy groups -OCH3 is 1. The molecule has 27 heavy (non-hydrogen) atoms. The molecular formula is C23H29NO3. The Morgan fingerprint density at radius 2 is 1.56 bits per heavy atom. The van der Waals surface area contributed by atoms with E-state index in [9.17, 15) is 5.11 Å². The van der Waals surface area contributed by atoms with Gasteiger partial charge < -0.3 is 19.5 Å². The molecule has 0 spiro atoms. The predicted octanol–water partition coefficient (Wildman–Crippen LogP) is 4.29. The molecule has 3 unspecified atom stereocenters. The van der Waals surface area contributed by atoms with Crippen molar-refractivity contribution in [3.8, 4) is 17.2 Å². The van der Waals surface area contributed by atoms with Crippen LogP contribution in [-0.4, -0.2) is 42.9 Å². The SMILES string of the molecule is COc1ccc(OC2CC3CN(CC(C)c4ccc(O)cc4)C[C@H]3C2)cc1. The summed E-state index contributed by atoms with van der Waals surface area (Å²) in [6.07, 6.45) is 2.65. The molecule has 2 fully saturated rings. The van der Waals surface area contributed by atoms with Crippen LogP contribution in [0.5, 0.6) is 17.2 Å². The highest BCUT2D eigenvalue weighted by Crippen LogP contribution is 2.40. The quantitative estimate of drug-likeness (QED) is 0.827. The van der Waals surface area contributed by atoms with Gasteiger partial charge in [-0.3, -0.25) is 0 Å². The van der Waals surface area contributed by atoms with E-state index in [1.54, 1.807) is 19.2 Å². The van der Waals surface area contributed by atoms with Crippen LogP contribution in [0.2, 0.25) is 0 Å². The number of phenols is 1. The first kappa shape index (κ1) is 18.2. The van der Waals surface area contributed by atoms with E-state index in [0.717, 1.165) is 42.7 Å². The van der Waals surface area contributed by atoms with Crippen LogP contribution in [0.4, 0.5) is 0 Å². The molecule has 0 bridgehead atoms. The normalized spacial score (nSPS) is 25.9. The van der Waals surface area contributed by atoms with Crippen LogP contribution < -0.4 is 9.47 Å². The summed E-state index contributed by atoms with van der Waals surface area (Å²) < 4.78 is 11.4. The highest BCUT2D eigenvalue weighted by atomic mass is 16.5. The predicted molar refractivity (Wildman–Crippen MR) is 107 cm³/mol. The summed E-state index contributed by atoms with van der Waals surface area (Å²) in [6.45, 7) is 5.71. The highest BCUT2D eigenvalue weighted by Gasteiger charge is 2.41. The zero-order chi connectivity index (χ0) is 18.8. The van der Waals surface area contributed by atoms with Crippen LogP contribution in [-0.2, 0) is 0 Å². The minimum Gasteiger partial charge on any atom is -0.508 e. The van der Waals surface area contributed by atoms with Crippen LogP contribution in [0.1, 0.15) is 31.2 Å². The molecular weight excluding hydrogens is 338 g/mol. The number of hydrogen-bond acceptors (Lipinski definition) is 4. The van der Waals surface area contributed by atoms with Crippen molar-refractivity contribution in [3.05, 3.63) is 54.1 Å². The highest BCUT2D eigenvalue weighted by molar-refractivity contribution is 5.31. The second kappa shape index (κ2) is 7.81. The molecule has 2 aliphatic rings. The van der Waals surface area contributed by atoms with Gasteiger partial charge in [0.15, 0.2) is 0 Å². The summed E-state index contributed by atoms with van der Waals surface area (Å²) >= 11 is 0. The summed E-state index contributed by atoms with van der Waals surface area (Å²) in [4.78, 5) is 2.61. The molecule has 4 nitrogen and oxygen atoms in total. The van der Waals surface area contributed by atoms with Gasteiger partial charge in [-0.25, -0.2) is 0 Å². The van der Waals surface area contributed by atoms with Crippen molar-refractivity contribution in [1.82, 2.24) is 4.90 Å². The van der Waals surface area contributed by atoms with Crippen LogP contribution in [0.15, 0.2) is 48.5 Å². The van der Waals surface area contributed by atoms with E-state index in [2.05, 4.69) is 11.8 Å². The zero-order valence-electron chi connectivity index (χ0n) is 16.2. The molecule has 4 heteroatoms. The van der Waals surface area contributed by atoms with Crippen LogP contribution in [0.3, 0.4) is 0 Å². The van der Waals surface area contributed by atoms with Gasteiger partial charge >= 0.3 is 0 Å². The molecule has 0 aromatic heterocycles. The number of fused-ring (bicyclic) bond motifs is 1. The third-order valence-electron chi connectivity index (χ3n) is 6.14. The summed E-state index contributed by atoms with van der Waals surface area (Å²) in [5, 5.41) is 9.46. The fourth-order valence-electron chi connectivity index (χ4n) is 4.73. The molecule has 2 aromatic carbocycles. The van der Waals surface area contributed by atoms with Gasteiger partial charge in [0, 0.05) is 19.6 Å². The molecule has 144 valence electrons. The van der Waals surface area contributed by atoms with Crippen molar-refractivity contribution < 1.29 is 14.6 Å². The average Bonchev–Trinajstić information content (AvgIpc) is 3.20. The van der Waals surface area contributed by atoms with Gasteiger partial charge in [-0.15, -0.1) is 0 Å². The Hall–Kier alpha value is -2.20. The first-order valence-corrected chi connectivity index (χ1v) is 9.92. The van der Waals surface area contributed by atoms with Crippen molar-refractivity contribution in [3.63, 3.8) is 0 Å². The molecule has 0 amide bonds. The van der Waals surface area contributed by atoms with E-state index >= 15 is 0 Å². The van der Waals surface area contributed by atoms with Crippen molar-refractivity contribution in [2.45, 2.75) is 31.8 Å². The molecule has 1 N–H and O–H groups in total. The van der Waals surface area contributed by atoms with E-state index in [1.807, 2.05) is 36.4 Å². The number of hydrogen-bond donors (Lipinski definition) is 1. The van der Waals surface area contributed by atoms with Gasteiger partial charge in [-0.05, 0) is 72.6 Å². The molecule has 4 rings (SSSR count). The fraction of sp³-hybridized carbons (Fsp3) is 0.478. The third kappa shape index (κ3) is 4.22. The zero-order valence-corrected chi connectivity index (χ0v) is 16.2. The average molecular weight is 367 g/mol. The molecule has 4 atom stereocenters. The second-order valence-electron chi connectivity index (χ2n) is 8.12. The van der Waals surface area contributed by atoms with E-state index < -0.39 is 0 Å². The summed E-state index contributed by atoms with van der Waals surface area (Å²) in [5.41, 5.74) is 1.30. The van der Waals surface area contributed by atoms with Gasteiger partial charge in [-0.2, -0.15) is 0 Å². The summed E-state index contributed by atoms with van der Waals surface area (Å²) in [7, 11) is 1.68. The Morgan fingerprint density at radius 1 is 0.963 bits per heavy atom. The maximum atomic E-state index is 9.46. The van der Waals surface area contributed by atoms with E-state index in [1.165, 1.54) is 18.7 Å². The lowest BCUT2D eigenvalue weighted by Crippen LogP contribution is -2.28. The van der Waals surface area contributed by atoms with E-state index in [-0.39, 0.29) is 0 Å². The Labute approximate surface area is 161 Å². The van der Waals surface area contributed by atoms with Crippen LogP contribution in [0, 0.1) is 11.8 Å². The molecule has 1 aliphatic carbocycles. The smallest absolute Gasteiger partial charge is 0.119 e. The van der Waals surface area contributed by atoms with E-state index in [4.69, 9.17) is 9.47 Å². The largest absolute Gasteiger partial charge is 0.508 e. The van der Waals surface area contributed by atoms with Crippen molar-refractivity contribution >= 4 is 0 Å². The lowest BCUT2D eigenvalue weighted by Gasteiger charge is -2.23. The molecule has 1 saturated heterocycles. The van der Waals surface area contributed by atoms with E-state index in [0.29, 0.717) is 17.8 Å². The number of aromatic hydroxyl groups is 1. The van der Waals surface area contributed by atoms with Gasteiger partial charge in [0.25, 0.3) is 0 Å². The minimum absolute atomic E-state index is 0.338.